The molecule has 0 aromatic heterocycles. The molecule has 2 aromatic rings. The number of urea groups is 1. The van der Waals surface area contributed by atoms with Crippen LogP contribution in [0, 0.1) is 0 Å². The molecule has 1 aliphatic rings. The second kappa shape index (κ2) is 9.05. The van der Waals surface area contributed by atoms with Gasteiger partial charge in [-0.2, -0.15) is 0 Å². The fourth-order valence-corrected chi connectivity index (χ4v) is 3.88. The van der Waals surface area contributed by atoms with Gasteiger partial charge in [0.1, 0.15) is 0 Å². The Labute approximate surface area is 162 Å². The summed E-state index contributed by atoms with van der Waals surface area (Å²) >= 11 is 0. The number of rotatable bonds is 6. The molecule has 144 valence electrons. The highest BCUT2D eigenvalue weighted by molar-refractivity contribution is 5.75. The van der Waals surface area contributed by atoms with Crippen molar-refractivity contribution in [2.45, 2.75) is 44.8 Å². The van der Waals surface area contributed by atoms with Crippen LogP contribution in [-0.2, 0) is 11.3 Å². The number of piperidine rings is 1. The molecule has 1 saturated heterocycles. The topological polar surface area (TPSA) is 41.6 Å². The Kier molecular flexibility index (Phi) is 6.51. The number of benzene rings is 2. The zero-order chi connectivity index (χ0) is 19.1. The Morgan fingerprint density at radius 2 is 1.78 bits per heavy atom. The number of ether oxygens (including phenoxy) is 1. The number of likely N-dealkylation sites (tertiary alicyclic amines) is 1. The van der Waals surface area contributed by atoms with Crippen LogP contribution in [-0.4, -0.2) is 36.2 Å². The molecule has 0 spiro atoms. The Balaban J connectivity index is 1.43. The molecule has 1 atom stereocenters. The van der Waals surface area contributed by atoms with Crippen molar-refractivity contribution in [3.8, 4) is 0 Å². The van der Waals surface area contributed by atoms with Crippen molar-refractivity contribution >= 4 is 6.03 Å². The zero-order valence-corrected chi connectivity index (χ0v) is 16.4. The van der Waals surface area contributed by atoms with E-state index in [1.165, 1.54) is 5.56 Å². The summed E-state index contributed by atoms with van der Waals surface area (Å²) in [4.78, 5) is 14.6. The van der Waals surface area contributed by atoms with E-state index in [-0.39, 0.29) is 11.6 Å². The van der Waals surface area contributed by atoms with Crippen LogP contribution < -0.4 is 5.32 Å². The van der Waals surface area contributed by atoms with Gasteiger partial charge < -0.3 is 15.0 Å². The molecule has 27 heavy (non-hydrogen) atoms. The second-order valence-electron chi connectivity index (χ2n) is 7.83. The van der Waals surface area contributed by atoms with Gasteiger partial charge in [0.2, 0.25) is 0 Å². The lowest BCUT2D eigenvalue weighted by atomic mass is 9.79. The number of nitrogens with one attached hydrogen (secondary N) is 1. The van der Waals surface area contributed by atoms with Gasteiger partial charge >= 0.3 is 6.03 Å². The van der Waals surface area contributed by atoms with Crippen molar-refractivity contribution < 1.29 is 9.53 Å². The molecule has 0 radical (unpaired) electrons. The molecule has 2 aromatic carbocycles. The predicted octanol–water partition coefficient (Wildman–Crippen LogP) is 4.57. The summed E-state index contributed by atoms with van der Waals surface area (Å²) in [5.74, 6) is 0.513. The molecule has 1 N–H and O–H groups in total. The van der Waals surface area contributed by atoms with Gasteiger partial charge in [0.15, 0.2) is 0 Å². The van der Waals surface area contributed by atoms with E-state index in [9.17, 15) is 4.79 Å². The van der Waals surface area contributed by atoms with Crippen LogP contribution in [0.15, 0.2) is 60.7 Å². The first-order valence-corrected chi connectivity index (χ1v) is 9.78. The van der Waals surface area contributed by atoms with Crippen molar-refractivity contribution in [3.63, 3.8) is 0 Å². The highest BCUT2D eigenvalue weighted by Crippen LogP contribution is 2.37. The SMILES string of the molecule is CC1(C)CC(c2ccccc2)CCN1C(=O)NCCOCc1ccccc1. The minimum Gasteiger partial charge on any atom is -0.375 e. The van der Waals surface area contributed by atoms with Gasteiger partial charge in [-0.1, -0.05) is 60.7 Å². The molecule has 2 amide bonds. The fourth-order valence-electron chi connectivity index (χ4n) is 3.88. The molecular formula is C23H30N2O2. The monoisotopic (exact) mass is 366 g/mol. The zero-order valence-electron chi connectivity index (χ0n) is 16.4. The maximum Gasteiger partial charge on any atom is 0.317 e. The largest absolute Gasteiger partial charge is 0.375 e. The third-order valence-electron chi connectivity index (χ3n) is 5.33. The quantitative estimate of drug-likeness (QED) is 0.761. The van der Waals surface area contributed by atoms with Gasteiger partial charge in [-0.15, -0.1) is 0 Å². The Hall–Kier alpha value is -2.33. The molecule has 0 aliphatic carbocycles. The van der Waals surface area contributed by atoms with E-state index in [1.807, 2.05) is 35.2 Å². The number of amides is 2. The fraction of sp³-hybridized carbons (Fsp3) is 0.435. The van der Waals surface area contributed by atoms with Crippen molar-refractivity contribution in [1.82, 2.24) is 10.2 Å². The number of carbonyl (C=O) groups is 1. The minimum atomic E-state index is -0.159. The van der Waals surface area contributed by atoms with Crippen LogP contribution in [0.5, 0.6) is 0 Å². The lowest BCUT2D eigenvalue weighted by Gasteiger charge is -2.45. The van der Waals surface area contributed by atoms with Crippen LogP contribution in [0.3, 0.4) is 0 Å². The number of carbonyl (C=O) groups excluding carboxylic acids is 1. The number of hydrogen-bond acceptors (Lipinski definition) is 2. The lowest BCUT2D eigenvalue weighted by Crippen LogP contribution is -2.56. The standard InChI is InChI=1S/C23H30N2O2/c1-23(2)17-21(20-11-7-4-8-12-20)13-15-25(23)22(26)24-14-16-27-18-19-9-5-3-6-10-19/h3-12,21H,13-18H2,1-2H3,(H,24,26). The third-order valence-corrected chi connectivity index (χ3v) is 5.33. The normalized spacial score (nSPS) is 18.9. The van der Waals surface area contributed by atoms with Gasteiger partial charge in [-0.3, -0.25) is 0 Å². The van der Waals surface area contributed by atoms with Crippen LogP contribution in [0.4, 0.5) is 4.79 Å². The predicted molar refractivity (Wildman–Crippen MR) is 109 cm³/mol. The minimum absolute atomic E-state index is 0.00910. The van der Waals surface area contributed by atoms with Gasteiger partial charge in [0.05, 0.1) is 13.2 Å². The van der Waals surface area contributed by atoms with Crippen LogP contribution in [0.25, 0.3) is 0 Å². The summed E-state index contributed by atoms with van der Waals surface area (Å²) in [5.41, 5.74) is 2.36. The summed E-state index contributed by atoms with van der Waals surface area (Å²) in [7, 11) is 0. The average Bonchev–Trinajstić information content (AvgIpc) is 2.68. The number of nitrogens with zero attached hydrogens (tertiary/aromatic N) is 1. The molecule has 1 heterocycles. The molecular weight excluding hydrogens is 336 g/mol. The summed E-state index contributed by atoms with van der Waals surface area (Å²) in [6, 6.07) is 20.7. The number of hydrogen-bond donors (Lipinski definition) is 1. The lowest BCUT2D eigenvalue weighted by molar-refractivity contribution is 0.0867. The average molecular weight is 367 g/mol. The molecule has 3 rings (SSSR count). The van der Waals surface area contributed by atoms with E-state index in [0.29, 0.717) is 25.7 Å². The van der Waals surface area contributed by atoms with Gasteiger partial charge in [-0.05, 0) is 43.7 Å². The molecule has 0 saturated carbocycles. The van der Waals surface area contributed by atoms with E-state index in [2.05, 4.69) is 49.5 Å². The highest BCUT2D eigenvalue weighted by atomic mass is 16.5. The van der Waals surface area contributed by atoms with E-state index >= 15 is 0 Å². The Morgan fingerprint density at radius 3 is 2.44 bits per heavy atom. The first kappa shape index (κ1) is 19.4. The molecule has 4 heteroatoms. The van der Waals surface area contributed by atoms with E-state index < -0.39 is 0 Å². The van der Waals surface area contributed by atoms with Gasteiger partial charge in [-0.25, -0.2) is 4.79 Å². The smallest absolute Gasteiger partial charge is 0.317 e. The van der Waals surface area contributed by atoms with Crippen LogP contribution >= 0.6 is 0 Å². The highest BCUT2D eigenvalue weighted by Gasteiger charge is 2.37. The maximum absolute atomic E-state index is 12.6. The third kappa shape index (κ3) is 5.33. The molecule has 1 unspecified atom stereocenters. The molecule has 1 aliphatic heterocycles. The Bertz CT molecular complexity index is 716. The molecule has 1 fully saturated rings. The summed E-state index contributed by atoms with van der Waals surface area (Å²) in [6.07, 6.45) is 1.99. The summed E-state index contributed by atoms with van der Waals surface area (Å²) in [5, 5.41) is 3.01. The van der Waals surface area contributed by atoms with Crippen LogP contribution in [0.1, 0.15) is 43.7 Å². The first-order chi connectivity index (χ1) is 13.1. The second-order valence-corrected chi connectivity index (χ2v) is 7.83. The molecule has 4 nitrogen and oxygen atoms in total. The molecule has 0 bridgehead atoms. The van der Waals surface area contributed by atoms with Gasteiger partial charge in [0, 0.05) is 18.6 Å². The summed E-state index contributed by atoms with van der Waals surface area (Å²) < 4.78 is 5.65. The van der Waals surface area contributed by atoms with E-state index in [0.717, 1.165) is 24.9 Å². The van der Waals surface area contributed by atoms with E-state index in [4.69, 9.17) is 4.74 Å². The van der Waals surface area contributed by atoms with E-state index in [1.54, 1.807) is 0 Å². The first-order valence-electron chi connectivity index (χ1n) is 9.78. The van der Waals surface area contributed by atoms with Crippen molar-refractivity contribution in [1.29, 1.82) is 0 Å². The summed E-state index contributed by atoms with van der Waals surface area (Å²) in [6.45, 7) is 6.72. The van der Waals surface area contributed by atoms with Crippen LogP contribution in [0.2, 0.25) is 0 Å². The van der Waals surface area contributed by atoms with Gasteiger partial charge in [0.25, 0.3) is 0 Å². The van der Waals surface area contributed by atoms with Crippen molar-refractivity contribution in [2.24, 2.45) is 0 Å². The van der Waals surface area contributed by atoms with Crippen molar-refractivity contribution in [2.75, 3.05) is 19.7 Å². The van der Waals surface area contributed by atoms with Crippen molar-refractivity contribution in [3.05, 3.63) is 71.8 Å². The Morgan fingerprint density at radius 1 is 1.11 bits per heavy atom. The maximum atomic E-state index is 12.6.